The molecule has 2 aliphatic rings. The molecule has 1 heterocycles. The number of halogens is 3. The summed E-state index contributed by atoms with van der Waals surface area (Å²) in [6, 6.07) is 9.39. The van der Waals surface area contributed by atoms with Gasteiger partial charge >= 0.3 is 12.1 Å². The van der Waals surface area contributed by atoms with Crippen molar-refractivity contribution in [3.8, 4) is 0 Å². The van der Waals surface area contributed by atoms with E-state index >= 15 is 0 Å². The summed E-state index contributed by atoms with van der Waals surface area (Å²) in [6.45, 7) is -0.926. The van der Waals surface area contributed by atoms with E-state index in [1.807, 2.05) is 30.3 Å². The van der Waals surface area contributed by atoms with Crippen LogP contribution >= 0.6 is 0 Å². The van der Waals surface area contributed by atoms with E-state index in [0.29, 0.717) is 19.3 Å². The van der Waals surface area contributed by atoms with E-state index in [1.165, 1.54) is 0 Å². The predicted octanol–water partition coefficient (Wildman–Crippen LogP) is 3.12. The molecule has 1 aromatic rings. The summed E-state index contributed by atoms with van der Waals surface area (Å²) in [4.78, 5) is 25.3. The Morgan fingerprint density at radius 1 is 1.16 bits per heavy atom. The summed E-state index contributed by atoms with van der Waals surface area (Å²) >= 11 is 0. The van der Waals surface area contributed by atoms with Gasteiger partial charge in [-0.2, -0.15) is 13.2 Å². The third kappa shape index (κ3) is 3.37. The molecular formula is C18H20F3NO3. The standard InChI is InChI=1S/C18H20F3NO3/c19-18(20,21)14-11-22(10-13(14)15(23)24)16(25)17(7-4-8-17)9-12-5-2-1-3-6-12/h1-3,5-6,13-14H,4,7-11H2,(H,23,24)/t13-,14-/m1/s1. The first-order valence-electron chi connectivity index (χ1n) is 8.36. The van der Waals surface area contributed by atoms with Crippen molar-refractivity contribution in [1.82, 2.24) is 4.90 Å². The predicted molar refractivity (Wildman–Crippen MR) is 83.7 cm³/mol. The number of hydrogen-bond acceptors (Lipinski definition) is 2. The molecule has 1 N–H and O–H groups in total. The molecule has 0 bridgehead atoms. The Morgan fingerprint density at radius 3 is 2.24 bits per heavy atom. The normalized spacial score (nSPS) is 25.5. The van der Waals surface area contributed by atoms with Crippen LogP contribution in [0.4, 0.5) is 13.2 Å². The molecule has 1 saturated heterocycles. The van der Waals surface area contributed by atoms with Gasteiger partial charge < -0.3 is 10.0 Å². The summed E-state index contributed by atoms with van der Waals surface area (Å²) < 4.78 is 39.4. The number of hydrogen-bond donors (Lipinski definition) is 1. The molecular weight excluding hydrogens is 335 g/mol. The first-order chi connectivity index (χ1) is 11.7. The number of amides is 1. The van der Waals surface area contributed by atoms with E-state index < -0.39 is 35.9 Å². The lowest BCUT2D eigenvalue weighted by molar-refractivity contribution is -0.188. The smallest absolute Gasteiger partial charge is 0.394 e. The van der Waals surface area contributed by atoms with Gasteiger partial charge in [-0.1, -0.05) is 36.8 Å². The molecule has 0 unspecified atom stereocenters. The van der Waals surface area contributed by atoms with Crippen LogP contribution in [0.1, 0.15) is 24.8 Å². The number of rotatable bonds is 4. The van der Waals surface area contributed by atoms with Gasteiger partial charge in [0.15, 0.2) is 0 Å². The van der Waals surface area contributed by atoms with Crippen molar-refractivity contribution in [3.05, 3.63) is 35.9 Å². The number of nitrogens with zero attached hydrogens (tertiary/aromatic N) is 1. The molecule has 0 spiro atoms. The van der Waals surface area contributed by atoms with Gasteiger partial charge in [0.2, 0.25) is 5.91 Å². The summed E-state index contributed by atoms with van der Waals surface area (Å²) in [6.07, 6.45) is -2.02. The quantitative estimate of drug-likeness (QED) is 0.903. The van der Waals surface area contributed by atoms with Crippen LogP contribution < -0.4 is 0 Å². The van der Waals surface area contributed by atoms with Crippen molar-refractivity contribution in [1.29, 1.82) is 0 Å². The first kappa shape index (κ1) is 17.8. The molecule has 0 aromatic heterocycles. The Morgan fingerprint density at radius 2 is 1.80 bits per heavy atom. The van der Waals surface area contributed by atoms with Crippen molar-refractivity contribution < 1.29 is 27.9 Å². The van der Waals surface area contributed by atoms with Gasteiger partial charge in [0.05, 0.1) is 17.3 Å². The second kappa shape index (κ2) is 6.35. The van der Waals surface area contributed by atoms with E-state index in [4.69, 9.17) is 5.11 Å². The summed E-state index contributed by atoms with van der Waals surface area (Å²) in [7, 11) is 0. The van der Waals surface area contributed by atoms with Crippen LogP contribution in [0.2, 0.25) is 0 Å². The Bertz CT molecular complexity index is 655. The zero-order valence-corrected chi connectivity index (χ0v) is 13.6. The molecule has 136 valence electrons. The minimum absolute atomic E-state index is 0.333. The van der Waals surface area contributed by atoms with E-state index in [2.05, 4.69) is 0 Å². The summed E-state index contributed by atoms with van der Waals surface area (Å²) in [5, 5.41) is 9.12. The van der Waals surface area contributed by atoms with Gasteiger partial charge in [0.1, 0.15) is 0 Å². The lowest BCUT2D eigenvalue weighted by atomic mass is 9.64. The van der Waals surface area contributed by atoms with Crippen LogP contribution in [0.25, 0.3) is 0 Å². The maximum atomic E-state index is 13.1. The fourth-order valence-corrected chi connectivity index (χ4v) is 3.94. The minimum Gasteiger partial charge on any atom is -0.481 e. The highest BCUT2D eigenvalue weighted by Gasteiger charge is 2.56. The van der Waals surface area contributed by atoms with E-state index in [1.54, 1.807) is 0 Å². The SMILES string of the molecule is O=C(O)[C@@H]1CN(C(=O)C2(Cc3ccccc3)CCC2)C[C@H]1C(F)(F)F. The van der Waals surface area contributed by atoms with Gasteiger partial charge in [-0.05, 0) is 24.8 Å². The summed E-state index contributed by atoms with van der Waals surface area (Å²) in [5.74, 6) is -5.41. The Hall–Kier alpha value is -2.05. The maximum Gasteiger partial charge on any atom is 0.394 e. The van der Waals surface area contributed by atoms with E-state index in [0.717, 1.165) is 16.9 Å². The van der Waals surface area contributed by atoms with Crippen molar-refractivity contribution in [2.24, 2.45) is 17.3 Å². The van der Waals surface area contributed by atoms with Crippen molar-refractivity contribution >= 4 is 11.9 Å². The molecule has 1 amide bonds. The zero-order valence-electron chi connectivity index (χ0n) is 13.6. The molecule has 1 aromatic carbocycles. The highest BCUT2D eigenvalue weighted by molar-refractivity contribution is 5.85. The number of alkyl halides is 3. The lowest BCUT2D eigenvalue weighted by Gasteiger charge is -2.43. The van der Waals surface area contributed by atoms with Crippen LogP contribution in [-0.2, 0) is 16.0 Å². The number of carboxylic acids is 1. The van der Waals surface area contributed by atoms with Gasteiger partial charge in [-0.25, -0.2) is 0 Å². The Balaban J connectivity index is 1.78. The van der Waals surface area contributed by atoms with E-state index in [9.17, 15) is 22.8 Å². The average Bonchev–Trinajstić information content (AvgIpc) is 2.97. The molecule has 25 heavy (non-hydrogen) atoms. The second-order valence-electron chi connectivity index (χ2n) is 7.10. The monoisotopic (exact) mass is 355 g/mol. The van der Waals surface area contributed by atoms with Gasteiger partial charge in [0, 0.05) is 13.1 Å². The van der Waals surface area contributed by atoms with Gasteiger partial charge in [-0.15, -0.1) is 0 Å². The molecule has 7 heteroatoms. The zero-order chi connectivity index (χ0) is 18.2. The van der Waals surface area contributed by atoms with Gasteiger partial charge in [0.25, 0.3) is 0 Å². The Labute approximate surface area is 143 Å². The average molecular weight is 355 g/mol. The minimum atomic E-state index is -4.62. The number of carbonyl (C=O) groups excluding carboxylic acids is 1. The molecule has 0 radical (unpaired) electrons. The molecule has 4 nitrogen and oxygen atoms in total. The third-order valence-corrected chi connectivity index (χ3v) is 5.49. The molecule has 1 aliphatic heterocycles. The van der Waals surface area contributed by atoms with Crippen LogP contribution in [0, 0.1) is 17.3 Å². The fraction of sp³-hybridized carbons (Fsp3) is 0.556. The number of benzene rings is 1. The van der Waals surface area contributed by atoms with Crippen molar-refractivity contribution in [2.45, 2.75) is 31.9 Å². The maximum absolute atomic E-state index is 13.1. The number of aliphatic carboxylic acids is 1. The van der Waals surface area contributed by atoms with E-state index in [-0.39, 0.29) is 12.5 Å². The topological polar surface area (TPSA) is 57.6 Å². The number of carboxylic acid groups (broad SMARTS) is 1. The molecule has 1 saturated carbocycles. The van der Waals surface area contributed by atoms with Crippen LogP contribution in [0.15, 0.2) is 30.3 Å². The first-order valence-corrected chi connectivity index (χ1v) is 8.36. The second-order valence-corrected chi connectivity index (χ2v) is 7.10. The number of carbonyl (C=O) groups is 2. The van der Waals surface area contributed by atoms with Crippen molar-refractivity contribution in [2.75, 3.05) is 13.1 Å². The third-order valence-electron chi connectivity index (χ3n) is 5.49. The molecule has 2 fully saturated rings. The Kier molecular flexibility index (Phi) is 4.51. The summed E-state index contributed by atoms with van der Waals surface area (Å²) in [5.41, 5.74) is 0.280. The van der Waals surface area contributed by atoms with Gasteiger partial charge in [-0.3, -0.25) is 9.59 Å². The molecule has 2 atom stereocenters. The highest BCUT2D eigenvalue weighted by Crippen LogP contribution is 2.47. The highest BCUT2D eigenvalue weighted by atomic mass is 19.4. The number of likely N-dealkylation sites (tertiary alicyclic amines) is 1. The van der Waals surface area contributed by atoms with Crippen LogP contribution in [0.5, 0.6) is 0 Å². The van der Waals surface area contributed by atoms with Crippen LogP contribution in [-0.4, -0.2) is 41.1 Å². The van der Waals surface area contributed by atoms with Crippen molar-refractivity contribution in [3.63, 3.8) is 0 Å². The largest absolute Gasteiger partial charge is 0.481 e. The fourth-order valence-electron chi connectivity index (χ4n) is 3.94. The molecule has 1 aliphatic carbocycles. The lowest BCUT2D eigenvalue weighted by Crippen LogP contribution is -2.49. The molecule has 3 rings (SSSR count). The van der Waals surface area contributed by atoms with Crippen LogP contribution in [0.3, 0.4) is 0 Å².